The summed E-state index contributed by atoms with van der Waals surface area (Å²) in [7, 11) is -1.29. The lowest BCUT2D eigenvalue weighted by Gasteiger charge is -2.20. The standard InChI is InChI=1S/C13H24NO8P/c1-10(2)21-23(17,22-11(3)4)9-7-8-14(12(15)18-5)20-13(16)19-6/h7,9-11H,8H2,1-6H3/b9-7-. The van der Waals surface area contributed by atoms with E-state index in [1.165, 1.54) is 11.9 Å². The number of nitrogens with zero attached hydrogens (tertiary/aromatic N) is 1. The van der Waals surface area contributed by atoms with Crippen molar-refractivity contribution in [3.63, 3.8) is 0 Å². The van der Waals surface area contributed by atoms with Crippen molar-refractivity contribution < 1.29 is 37.5 Å². The molecular formula is C13H24NO8P. The van der Waals surface area contributed by atoms with Crippen molar-refractivity contribution in [1.82, 2.24) is 5.06 Å². The molecule has 0 atom stereocenters. The Kier molecular flexibility index (Phi) is 9.55. The summed E-state index contributed by atoms with van der Waals surface area (Å²) in [6.07, 6.45) is -1.36. The van der Waals surface area contributed by atoms with E-state index in [4.69, 9.17) is 9.05 Å². The Labute approximate surface area is 135 Å². The van der Waals surface area contributed by atoms with Gasteiger partial charge in [-0.3, -0.25) is 9.40 Å². The highest BCUT2D eigenvalue weighted by Gasteiger charge is 2.25. The fourth-order valence-corrected chi connectivity index (χ4v) is 3.05. The minimum atomic E-state index is -3.50. The van der Waals surface area contributed by atoms with Crippen LogP contribution in [0.5, 0.6) is 0 Å². The van der Waals surface area contributed by atoms with Crippen molar-refractivity contribution in [2.45, 2.75) is 39.9 Å². The molecule has 0 aliphatic rings. The number of hydrogen-bond acceptors (Lipinski definition) is 8. The molecule has 0 saturated heterocycles. The lowest BCUT2D eigenvalue weighted by atomic mass is 10.5. The van der Waals surface area contributed by atoms with E-state index in [1.807, 2.05) is 0 Å². The molecule has 0 fully saturated rings. The molecule has 0 aromatic carbocycles. The molecular weight excluding hydrogens is 329 g/mol. The van der Waals surface area contributed by atoms with Gasteiger partial charge >= 0.3 is 19.8 Å². The summed E-state index contributed by atoms with van der Waals surface area (Å²) in [6.45, 7) is 6.63. The third kappa shape index (κ3) is 9.22. The predicted octanol–water partition coefficient (Wildman–Crippen LogP) is 3.31. The van der Waals surface area contributed by atoms with Gasteiger partial charge in [0.2, 0.25) is 0 Å². The second kappa shape index (κ2) is 10.3. The van der Waals surface area contributed by atoms with E-state index in [0.29, 0.717) is 5.06 Å². The first-order valence-corrected chi connectivity index (χ1v) is 8.50. The van der Waals surface area contributed by atoms with Gasteiger partial charge in [0.05, 0.1) is 33.0 Å². The van der Waals surface area contributed by atoms with E-state index in [-0.39, 0.29) is 18.8 Å². The maximum atomic E-state index is 12.5. The Morgan fingerprint density at radius 3 is 1.96 bits per heavy atom. The van der Waals surface area contributed by atoms with E-state index in [1.54, 1.807) is 27.7 Å². The van der Waals surface area contributed by atoms with Crippen LogP contribution in [0.1, 0.15) is 27.7 Å². The van der Waals surface area contributed by atoms with Gasteiger partial charge in [0, 0.05) is 5.82 Å². The number of rotatable bonds is 7. The minimum Gasteiger partial charge on any atom is -0.451 e. The highest BCUT2D eigenvalue weighted by Crippen LogP contribution is 2.51. The van der Waals surface area contributed by atoms with Crippen LogP contribution in [-0.2, 0) is 27.9 Å². The second-order valence-corrected chi connectivity index (χ2v) is 6.61. The minimum absolute atomic E-state index is 0.228. The largest absolute Gasteiger partial charge is 0.533 e. The van der Waals surface area contributed by atoms with Gasteiger partial charge in [0.1, 0.15) is 0 Å². The highest BCUT2D eigenvalue weighted by atomic mass is 31.2. The summed E-state index contributed by atoms with van der Waals surface area (Å²) in [5.41, 5.74) is 0. The number of carbonyl (C=O) groups is 2. The molecule has 0 aliphatic carbocycles. The highest BCUT2D eigenvalue weighted by molar-refractivity contribution is 7.57. The summed E-state index contributed by atoms with van der Waals surface area (Å²) in [5, 5.41) is 0.595. The number of hydrogen-bond donors (Lipinski definition) is 0. The average molecular weight is 353 g/mol. The molecule has 0 N–H and O–H groups in total. The van der Waals surface area contributed by atoms with Gasteiger partial charge in [-0.05, 0) is 27.7 Å². The van der Waals surface area contributed by atoms with Crippen molar-refractivity contribution >= 4 is 19.8 Å². The van der Waals surface area contributed by atoms with Crippen LogP contribution in [0.2, 0.25) is 0 Å². The van der Waals surface area contributed by atoms with Gasteiger partial charge < -0.3 is 18.5 Å². The smallest absolute Gasteiger partial charge is 0.451 e. The Hall–Kier alpha value is -1.57. The molecule has 9 nitrogen and oxygen atoms in total. The first-order chi connectivity index (χ1) is 10.6. The maximum Gasteiger partial charge on any atom is 0.533 e. The molecule has 0 aromatic heterocycles. The quantitative estimate of drug-likeness (QED) is 0.390. The second-order valence-electron chi connectivity index (χ2n) is 4.81. The van der Waals surface area contributed by atoms with E-state index in [2.05, 4.69) is 14.3 Å². The number of hydroxylamine groups is 2. The molecule has 10 heteroatoms. The third-order valence-corrected chi connectivity index (χ3v) is 4.01. The molecule has 0 saturated carbocycles. The first-order valence-electron chi connectivity index (χ1n) is 6.89. The molecule has 0 rings (SSSR count). The lowest BCUT2D eigenvalue weighted by molar-refractivity contribution is -0.0967. The van der Waals surface area contributed by atoms with Gasteiger partial charge in [0.15, 0.2) is 0 Å². The van der Waals surface area contributed by atoms with Crippen molar-refractivity contribution in [1.29, 1.82) is 0 Å². The van der Waals surface area contributed by atoms with Crippen LogP contribution < -0.4 is 0 Å². The fourth-order valence-electron chi connectivity index (χ4n) is 1.33. The van der Waals surface area contributed by atoms with Crippen LogP contribution >= 0.6 is 7.60 Å². The molecule has 0 bridgehead atoms. The maximum absolute atomic E-state index is 12.5. The van der Waals surface area contributed by atoms with E-state index >= 15 is 0 Å². The zero-order chi connectivity index (χ0) is 18.0. The fraction of sp³-hybridized carbons (Fsp3) is 0.692. The number of carbonyl (C=O) groups excluding carboxylic acids is 2. The summed E-state index contributed by atoms with van der Waals surface area (Å²) < 4.78 is 31.9. The summed E-state index contributed by atoms with van der Waals surface area (Å²) in [5.74, 6) is 1.20. The van der Waals surface area contributed by atoms with Crippen molar-refractivity contribution in [3.8, 4) is 0 Å². The van der Waals surface area contributed by atoms with E-state index in [0.717, 1.165) is 14.2 Å². The molecule has 23 heavy (non-hydrogen) atoms. The Morgan fingerprint density at radius 1 is 1.04 bits per heavy atom. The van der Waals surface area contributed by atoms with Gasteiger partial charge in [-0.25, -0.2) is 9.59 Å². The van der Waals surface area contributed by atoms with Crippen LogP contribution in [0, 0.1) is 0 Å². The van der Waals surface area contributed by atoms with Gasteiger partial charge in [0.25, 0.3) is 0 Å². The summed E-state index contributed by atoms with van der Waals surface area (Å²) in [4.78, 5) is 27.2. The zero-order valence-corrected chi connectivity index (χ0v) is 15.1. The van der Waals surface area contributed by atoms with E-state index < -0.39 is 19.8 Å². The predicted molar refractivity (Wildman–Crippen MR) is 81.8 cm³/mol. The molecule has 0 aliphatic heterocycles. The van der Waals surface area contributed by atoms with Crippen molar-refractivity contribution in [2.24, 2.45) is 0 Å². The number of amides is 1. The summed E-state index contributed by atoms with van der Waals surface area (Å²) in [6, 6.07) is 0. The monoisotopic (exact) mass is 353 g/mol. The SMILES string of the molecule is COC(=O)ON(C/C=C\P(=O)(OC(C)C)OC(C)C)C(=O)OC. The molecule has 0 radical (unpaired) electrons. The van der Waals surface area contributed by atoms with Crippen LogP contribution in [0.4, 0.5) is 9.59 Å². The lowest BCUT2D eigenvalue weighted by Crippen LogP contribution is -2.33. The van der Waals surface area contributed by atoms with Crippen molar-refractivity contribution in [2.75, 3.05) is 20.8 Å². The zero-order valence-electron chi connectivity index (χ0n) is 14.2. The van der Waals surface area contributed by atoms with Gasteiger partial charge in [-0.2, -0.15) is 0 Å². The number of methoxy groups -OCH3 is 2. The molecule has 0 heterocycles. The molecule has 0 unspecified atom stereocenters. The van der Waals surface area contributed by atoms with Crippen LogP contribution in [0.15, 0.2) is 11.9 Å². The van der Waals surface area contributed by atoms with Gasteiger partial charge in [-0.15, -0.1) is 5.06 Å². The van der Waals surface area contributed by atoms with E-state index in [9.17, 15) is 14.2 Å². The topological polar surface area (TPSA) is 101 Å². The molecule has 134 valence electrons. The van der Waals surface area contributed by atoms with Crippen LogP contribution in [0.25, 0.3) is 0 Å². The Bertz CT molecular complexity index is 449. The molecule has 0 spiro atoms. The summed E-state index contributed by atoms with van der Waals surface area (Å²) >= 11 is 0. The molecule has 1 amide bonds. The Morgan fingerprint density at radius 2 is 1.57 bits per heavy atom. The first kappa shape index (κ1) is 21.4. The third-order valence-electron chi connectivity index (χ3n) is 2.00. The average Bonchev–Trinajstić information content (AvgIpc) is 2.43. The van der Waals surface area contributed by atoms with Gasteiger partial charge in [-0.1, -0.05) is 6.08 Å². The number of ether oxygens (including phenoxy) is 2. The van der Waals surface area contributed by atoms with Crippen molar-refractivity contribution in [3.05, 3.63) is 11.9 Å². The Balaban J connectivity index is 4.99. The molecule has 0 aromatic rings. The van der Waals surface area contributed by atoms with Crippen LogP contribution in [0.3, 0.4) is 0 Å². The van der Waals surface area contributed by atoms with Crippen LogP contribution in [-0.4, -0.2) is 50.3 Å². The normalized spacial score (nSPS) is 11.8.